The quantitative estimate of drug-likeness (QED) is 0.527. The first-order chi connectivity index (χ1) is 10.6. The Morgan fingerprint density at radius 3 is 2.68 bits per heavy atom. The van der Waals surface area contributed by atoms with Gasteiger partial charge in [-0.05, 0) is 35.0 Å². The molecule has 0 bridgehead atoms. The van der Waals surface area contributed by atoms with Crippen molar-refractivity contribution in [1.82, 2.24) is 20.2 Å². The monoisotopic (exact) mass is 359 g/mol. The number of tetrazole rings is 1. The molecular weight excluding hydrogens is 350 g/mol. The summed E-state index contributed by atoms with van der Waals surface area (Å²) in [5.41, 5.74) is 1.65. The van der Waals surface area contributed by atoms with Crippen molar-refractivity contribution in [1.29, 1.82) is 0 Å². The van der Waals surface area contributed by atoms with Crippen molar-refractivity contribution in [3.63, 3.8) is 0 Å². The van der Waals surface area contributed by atoms with Gasteiger partial charge in [-0.2, -0.15) is 4.80 Å². The third-order valence-corrected chi connectivity index (χ3v) is 3.53. The van der Waals surface area contributed by atoms with E-state index < -0.39 is 4.92 Å². The summed E-state index contributed by atoms with van der Waals surface area (Å²) in [6.45, 7) is 0.325. The molecule has 0 amide bonds. The highest BCUT2D eigenvalue weighted by Crippen LogP contribution is 2.18. The molecule has 1 aromatic heterocycles. The average Bonchev–Trinajstić information content (AvgIpc) is 2.96. The molecule has 0 unspecified atom stereocenters. The summed E-state index contributed by atoms with van der Waals surface area (Å²) in [5.74, 6) is 0.512. The number of non-ortho nitro benzene ring substituents is 1. The molecule has 0 saturated heterocycles. The van der Waals surface area contributed by atoms with Gasteiger partial charge in [-0.3, -0.25) is 10.1 Å². The maximum Gasteiger partial charge on any atom is 0.269 e. The van der Waals surface area contributed by atoms with Crippen LogP contribution in [0.2, 0.25) is 0 Å². The van der Waals surface area contributed by atoms with Crippen LogP contribution in [0.25, 0.3) is 11.4 Å². The molecule has 2 aromatic carbocycles. The molecule has 3 rings (SSSR count). The highest BCUT2D eigenvalue weighted by Gasteiger charge is 2.09. The zero-order valence-electron chi connectivity index (χ0n) is 11.3. The van der Waals surface area contributed by atoms with Crippen LogP contribution in [0.4, 0.5) is 5.69 Å². The highest BCUT2D eigenvalue weighted by atomic mass is 79.9. The van der Waals surface area contributed by atoms with E-state index in [0.29, 0.717) is 12.4 Å². The Kier molecular flexibility index (Phi) is 3.92. The molecule has 1 heterocycles. The molecule has 0 fully saturated rings. The van der Waals surface area contributed by atoms with Gasteiger partial charge in [0.05, 0.1) is 11.5 Å². The molecule has 0 spiro atoms. The molecule has 110 valence electrons. The SMILES string of the molecule is O=[N+]([O-])c1cccc(Cn2nnc(-c3ccc(Br)cc3)n2)c1. The lowest BCUT2D eigenvalue weighted by atomic mass is 10.2. The summed E-state index contributed by atoms with van der Waals surface area (Å²) in [7, 11) is 0. The van der Waals surface area contributed by atoms with Crippen LogP contribution in [0.3, 0.4) is 0 Å². The van der Waals surface area contributed by atoms with Crippen LogP contribution in [-0.2, 0) is 6.54 Å². The molecular formula is C14H10BrN5O2. The van der Waals surface area contributed by atoms with E-state index in [1.165, 1.54) is 16.9 Å². The molecule has 7 nitrogen and oxygen atoms in total. The Hall–Kier alpha value is -2.61. The minimum atomic E-state index is -0.425. The number of benzene rings is 2. The van der Waals surface area contributed by atoms with Crippen molar-refractivity contribution in [2.24, 2.45) is 0 Å². The Morgan fingerprint density at radius 1 is 1.18 bits per heavy atom. The summed E-state index contributed by atoms with van der Waals surface area (Å²) in [4.78, 5) is 11.8. The zero-order chi connectivity index (χ0) is 15.5. The summed E-state index contributed by atoms with van der Waals surface area (Å²) >= 11 is 3.37. The van der Waals surface area contributed by atoms with Crippen LogP contribution in [0.15, 0.2) is 53.0 Å². The maximum atomic E-state index is 10.8. The molecule has 3 aromatic rings. The second-order valence-electron chi connectivity index (χ2n) is 4.58. The van der Waals surface area contributed by atoms with Gasteiger partial charge in [-0.1, -0.05) is 28.1 Å². The number of rotatable bonds is 4. The number of hydrogen-bond acceptors (Lipinski definition) is 5. The number of aromatic nitrogens is 4. The fourth-order valence-electron chi connectivity index (χ4n) is 1.96. The van der Waals surface area contributed by atoms with Crippen molar-refractivity contribution >= 4 is 21.6 Å². The van der Waals surface area contributed by atoms with Gasteiger partial charge in [0, 0.05) is 22.2 Å². The van der Waals surface area contributed by atoms with Crippen molar-refractivity contribution in [3.8, 4) is 11.4 Å². The Labute approximate surface area is 133 Å². The van der Waals surface area contributed by atoms with Gasteiger partial charge in [-0.25, -0.2) is 0 Å². The van der Waals surface area contributed by atoms with E-state index in [1.54, 1.807) is 12.1 Å². The molecule has 0 radical (unpaired) electrons. The molecule has 0 N–H and O–H groups in total. The van der Waals surface area contributed by atoms with Crippen molar-refractivity contribution in [2.75, 3.05) is 0 Å². The van der Waals surface area contributed by atoms with Crippen LogP contribution >= 0.6 is 15.9 Å². The van der Waals surface area contributed by atoms with Gasteiger partial charge in [-0.15, -0.1) is 10.2 Å². The fourth-order valence-corrected chi connectivity index (χ4v) is 2.22. The summed E-state index contributed by atoms with van der Waals surface area (Å²) in [6.07, 6.45) is 0. The smallest absolute Gasteiger partial charge is 0.258 e. The van der Waals surface area contributed by atoms with Crippen LogP contribution in [-0.4, -0.2) is 25.1 Å². The van der Waals surface area contributed by atoms with E-state index in [9.17, 15) is 10.1 Å². The molecule has 22 heavy (non-hydrogen) atoms. The lowest BCUT2D eigenvalue weighted by molar-refractivity contribution is -0.384. The van der Waals surface area contributed by atoms with Gasteiger partial charge < -0.3 is 0 Å². The molecule has 8 heteroatoms. The normalized spacial score (nSPS) is 10.6. The van der Waals surface area contributed by atoms with Gasteiger partial charge in [0.25, 0.3) is 5.69 Å². The van der Waals surface area contributed by atoms with Gasteiger partial charge in [0.1, 0.15) is 0 Å². The predicted molar refractivity (Wildman–Crippen MR) is 83.2 cm³/mol. The lowest BCUT2D eigenvalue weighted by Gasteiger charge is -1.99. The van der Waals surface area contributed by atoms with Crippen molar-refractivity contribution in [2.45, 2.75) is 6.54 Å². The van der Waals surface area contributed by atoms with Gasteiger partial charge >= 0.3 is 0 Å². The Morgan fingerprint density at radius 2 is 1.95 bits per heavy atom. The first kappa shape index (κ1) is 14.3. The van der Waals surface area contributed by atoms with E-state index in [0.717, 1.165) is 15.6 Å². The maximum absolute atomic E-state index is 10.8. The van der Waals surface area contributed by atoms with Gasteiger partial charge in [0.15, 0.2) is 0 Å². The number of hydrogen-bond donors (Lipinski definition) is 0. The lowest BCUT2D eigenvalue weighted by Crippen LogP contribution is -2.04. The highest BCUT2D eigenvalue weighted by molar-refractivity contribution is 9.10. The van der Waals surface area contributed by atoms with E-state index >= 15 is 0 Å². The van der Waals surface area contributed by atoms with Crippen molar-refractivity contribution in [3.05, 3.63) is 68.7 Å². The molecule has 0 aliphatic carbocycles. The summed E-state index contributed by atoms with van der Waals surface area (Å²) < 4.78 is 0.972. The molecule has 0 aliphatic heterocycles. The van der Waals surface area contributed by atoms with Crippen molar-refractivity contribution < 1.29 is 4.92 Å². The Bertz CT molecular complexity index is 816. The second kappa shape index (κ2) is 6.02. The number of nitrogens with zero attached hydrogens (tertiary/aromatic N) is 5. The van der Waals surface area contributed by atoms with E-state index in [1.807, 2.05) is 24.3 Å². The average molecular weight is 360 g/mol. The third kappa shape index (κ3) is 3.17. The van der Waals surface area contributed by atoms with Crippen LogP contribution in [0.5, 0.6) is 0 Å². The topological polar surface area (TPSA) is 86.7 Å². The van der Waals surface area contributed by atoms with E-state index in [2.05, 4.69) is 31.3 Å². The van der Waals surface area contributed by atoms with Crippen LogP contribution in [0.1, 0.15) is 5.56 Å². The minimum Gasteiger partial charge on any atom is -0.258 e. The molecule has 0 atom stereocenters. The summed E-state index contributed by atoms with van der Waals surface area (Å²) in [5, 5.41) is 23.0. The first-order valence-corrected chi connectivity index (χ1v) is 7.18. The number of nitro benzene ring substituents is 1. The second-order valence-corrected chi connectivity index (χ2v) is 5.49. The summed E-state index contributed by atoms with van der Waals surface area (Å²) in [6, 6.07) is 14.0. The fraction of sp³-hybridized carbons (Fsp3) is 0.0714. The minimum absolute atomic E-state index is 0.0470. The van der Waals surface area contributed by atoms with E-state index in [-0.39, 0.29) is 5.69 Å². The number of halogens is 1. The zero-order valence-corrected chi connectivity index (χ0v) is 12.8. The Balaban J connectivity index is 1.81. The van der Waals surface area contributed by atoms with Crippen LogP contribution in [0, 0.1) is 10.1 Å². The number of nitro groups is 1. The molecule has 0 saturated carbocycles. The molecule has 0 aliphatic rings. The standard InChI is InChI=1S/C14H10BrN5O2/c15-12-6-4-11(5-7-12)14-16-18-19(17-14)9-10-2-1-3-13(8-10)20(21)22/h1-8H,9H2. The first-order valence-electron chi connectivity index (χ1n) is 6.39. The largest absolute Gasteiger partial charge is 0.269 e. The van der Waals surface area contributed by atoms with Crippen LogP contribution < -0.4 is 0 Å². The van der Waals surface area contributed by atoms with Gasteiger partial charge in [0.2, 0.25) is 5.82 Å². The van der Waals surface area contributed by atoms with E-state index in [4.69, 9.17) is 0 Å². The third-order valence-electron chi connectivity index (χ3n) is 3.00. The predicted octanol–water partition coefficient (Wildman–Crippen LogP) is 3.06.